The monoisotopic (exact) mass is 279 g/mol. The molecular weight excluding hydrogens is 261 g/mol. The maximum Gasteiger partial charge on any atom is 0.303 e. The van der Waals surface area contributed by atoms with Crippen LogP contribution in [0.5, 0.6) is 0 Å². The molecular formula is C15H18FNO3. The molecule has 0 radical (unpaired) electrons. The highest BCUT2D eigenvalue weighted by atomic mass is 19.1. The van der Waals surface area contributed by atoms with Crippen LogP contribution in [0, 0.1) is 11.7 Å². The summed E-state index contributed by atoms with van der Waals surface area (Å²) in [6.07, 6.45) is 1.85. The summed E-state index contributed by atoms with van der Waals surface area (Å²) in [5.74, 6) is -0.976. The van der Waals surface area contributed by atoms with Crippen molar-refractivity contribution in [3.63, 3.8) is 0 Å². The number of likely N-dealkylation sites (tertiary alicyclic amines) is 1. The van der Waals surface area contributed by atoms with Crippen LogP contribution < -0.4 is 0 Å². The van der Waals surface area contributed by atoms with Crippen molar-refractivity contribution in [3.8, 4) is 0 Å². The Morgan fingerprint density at radius 1 is 1.30 bits per heavy atom. The summed E-state index contributed by atoms with van der Waals surface area (Å²) >= 11 is 0. The van der Waals surface area contributed by atoms with E-state index in [0.29, 0.717) is 25.9 Å². The van der Waals surface area contributed by atoms with Gasteiger partial charge in [0.15, 0.2) is 0 Å². The Bertz CT molecular complexity index is 486. The Kier molecular flexibility index (Phi) is 4.71. The molecule has 1 aliphatic heterocycles. The van der Waals surface area contributed by atoms with E-state index in [-0.39, 0.29) is 24.1 Å². The van der Waals surface area contributed by atoms with Crippen molar-refractivity contribution >= 4 is 11.9 Å². The lowest BCUT2D eigenvalue weighted by atomic mass is 10.1. The number of amides is 1. The Balaban J connectivity index is 1.78. The SMILES string of the molecule is O=C(O)CC1CCN(C(=O)CCc2ccc(F)cc2)C1. The minimum absolute atomic E-state index is 0.0437. The van der Waals surface area contributed by atoms with Crippen LogP contribution in [-0.4, -0.2) is 35.0 Å². The molecule has 1 saturated heterocycles. The summed E-state index contributed by atoms with van der Waals surface area (Å²) in [5.41, 5.74) is 0.932. The third kappa shape index (κ3) is 4.05. The van der Waals surface area contributed by atoms with Gasteiger partial charge in [0.05, 0.1) is 0 Å². The fraction of sp³-hybridized carbons (Fsp3) is 0.467. The van der Waals surface area contributed by atoms with Crippen LogP contribution in [0.1, 0.15) is 24.8 Å². The summed E-state index contributed by atoms with van der Waals surface area (Å²) in [6, 6.07) is 6.14. The van der Waals surface area contributed by atoms with E-state index in [0.717, 1.165) is 12.0 Å². The molecule has 1 aromatic rings. The van der Waals surface area contributed by atoms with Crippen molar-refractivity contribution < 1.29 is 19.1 Å². The minimum Gasteiger partial charge on any atom is -0.481 e. The van der Waals surface area contributed by atoms with Gasteiger partial charge in [0.1, 0.15) is 5.82 Å². The Morgan fingerprint density at radius 3 is 2.65 bits per heavy atom. The van der Waals surface area contributed by atoms with E-state index in [9.17, 15) is 14.0 Å². The number of hydrogen-bond acceptors (Lipinski definition) is 2. The predicted octanol–water partition coefficient (Wildman–Crippen LogP) is 2.08. The van der Waals surface area contributed by atoms with Crippen LogP contribution in [0.25, 0.3) is 0 Å². The van der Waals surface area contributed by atoms with Crippen molar-refractivity contribution in [2.75, 3.05) is 13.1 Å². The number of nitrogens with zero attached hydrogens (tertiary/aromatic N) is 1. The second kappa shape index (κ2) is 6.50. The van der Waals surface area contributed by atoms with Gasteiger partial charge in [-0.25, -0.2) is 4.39 Å². The third-order valence-electron chi connectivity index (χ3n) is 3.64. The zero-order chi connectivity index (χ0) is 14.5. The van der Waals surface area contributed by atoms with Gasteiger partial charge in [0, 0.05) is 25.9 Å². The molecule has 0 aliphatic carbocycles. The fourth-order valence-electron chi connectivity index (χ4n) is 2.53. The summed E-state index contributed by atoms with van der Waals surface area (Å²) in [4.78, 5) is 24.4. The van der Waals surface area contributed by atoms with Gasteiger partial charge in [-0.05, 0) is 36.5 Å². The maximum absolute atomic E-state index is 12.8. The number of aryl methyl sites for hydroxylation is 1. The fourth-order valence-corrected chi connectivity index (χ4v) is 2.53. The number of benzene rings is 1. The molecule has 1 heterocycles. The number of carbonyl (C=O) groups excluding carboxylic acids is 1. The van der Waals surface area contributed by atoms with Gasteiger partial charge in [-0.1, -0.05) is 12.1 Å². The van der Waals surface area contributed by atoms with Gasteiger partial charge < -0.3 is 10.0 Å². The number of hydrogen-bond donors (Lipinski definition) is 1. The zero-order valence-corrected chi connectivity index (χ0v) is 11.2. The lowest BCUT2D eigenvalue weighted by Gasteiger charge is -2.16. The lowest BCUT2D eigenvalue weighted by molar-refractivity contribution is -0.138. The van der Waals surface area contributed by atoms with E-state index in [4.69, 9.17) is 5.11 Å². The molecule has 0 bridgehead atoms. The normalized spacial score (nSPS) is 18.2. The topological polar surface area (TPSA) is 57.6 Å². The van der Waals surface area contributed by atoms with Crippen molar-refractivity contribution in [1.82, 2.24) is 4.90 Å². The molecule has 1 atom stereocenters. The summed E-state index contributed by atoms with van der Waals surface area (Å²) in [6.45, 7) is 1.18. The smallest absolute Gasteiger partial charge is 0.303 e. The van der Waals surface area contributed by atoms with E-state index < -0.39 is 5.97 Å². The molecule has 1 fully saturated rings. The van der Waals surface area contributed by atoms with Crippen LogP contribution in [0.4, 0.5) is 4.39 Å². The van der Waals surface area contributed by atoms with Gasteiger partial charge in [-0.2, -0.15) is 0 Å². The molecule has 0 spiro atoms. The van der Waals surface area contributed by atoms with Gasteiger partial charge in [-0.3, -0.25) is 9.59 Å². The lowest BCUT2D eigenvalue weighted by Crippen LogP contribution is -2.29. The van der Waals surface area contributed by atoms with E-state index in [1.807, 2.05) is 0 Å². The summed E-state index contributed by atoms with van der Waals surface area (Å²) in [7, 11) is 0. The standard InChI is InChI=1S/C15H18FNO3/c16-13-4-1-11(2-5-13)3-6-14(18)17-8-7-12(10-17)9-15(19)20/h1-2,4-5,12H,3,6-10H2,(H,19,20). The highest BCUT2D eigenvalue weighted by molar-refractivity contribution is 5.77. The van der Waals surface area contributed by atoms with Gasteiger partial charge in [-0.15, -0.1) is 0 Å². The first-order chi connectivity index (χ1) is 9.54. The van der Waals surface area contributed by atoms with Crippen LogP contribution in [-0.2, 0) is 16.0 Å². The largest absolute Gasteiger partial charge is 0.481 e. The van der Waals surface area contributed by atoms with Crippen molar-refractivity contribution in [3.05, 3.63) is 35.6 Å². The molecule has 108 valence electrons. The number of rotatable bonds is 5. The average molecular weight is 279 g/mol. The molecule has 1 amide bonds. The molecule has 1 N–H and O–H groups in total. The number of carboxylic acids is 1. The van der Waals surface area contributed by atoms with Crippen LogP contribution in [0.15, 0.2) is 24.3 Å². The first-order valence-corrected chi connectivity index (χ1v) is 6.78. The molecule has 0 saturated carbocycles. The average Bonchev–Trinajstić information content (AvgIpc) is 2.85. The summed E-state index contributed by atoms with van der Waals surface area (Å²) < 4.78 is 12.8. The van der Waals surface area contributed by atoms with Crippen LogP contribution >= 0.6 is 0 Å². The quantitative estimate of drug-likeness (QED) is 0.897. The first-order valence-electron chi connectivity index (χ1n) is 6.78. The second-order valence-corrected chi connectivity index (χ2v) is 5.22. The highest BCUT2D eigenvalue weighted by Crippen LogP contribution is 2.20. The van der Waals surface area contributed by atoms with Gasteiger partial charge >= 0.3 is 5.97 Å². The number of aliphatic carboxylic acids is 1. The van der Waals surface area contributed by atoms with E-state index in [1.54, 1.807) is 17.0 Å². The first kappa shape index (κ1) is 14.5. The second-order valence-electron chi connectivity index (χ2n) is 5.22. The summed E-state index contributed by atoms with van der Waals surface area (Å²) in [5, 5.41) is 8.74. The number of carbonyl (C=O) groups is 2. The molecule has 0 aromatic heterocycles. The molecule has 1 aliphatic rings. The Morgan fingerprint density at radius 2 is 2.00 bits per heavy atom. The molecule has 1 unspecified atom stereocenters. The van der Waals surface area contributed by atoms with Crippen molar-refractivity contribution in [2.45, 2.75) is 25.7 Å². The predicted molar refractivity (Wildman–Crippen MR) is 71.7 cm³/mol. The molecule has 4 nitrogen and oxygen atoms in total. The third-order valence-corrected chi connectivity index (χ3v) is 3.64. The minimum atomic E-state index is -0.810. The van der Waals surface area contributed by atoms with E-state index >= 15 is 0 Å². The Labute approximate surface area is 117 Å². The zero-order valence-electron chi connectivity index (χ0n) is 11.2. The number of carboxylic acid groups (broad SMARTS) is 1. The van der Waals surface area contributed by atoms with Crippen LogP contribution in [0.2, 0.25) is 0 Å². The molecule has 1 aromatic carbocycles. The van der Waals surface area contributed by atoms with Crippen molar-refractivity contribution in [2.24, 2.45) is 5.92 Å². The van der Waals surface area contributed by atoms with E-state index in [2.05, 4.69) is 0 Å². The molecule has 20 heavy (non-hydrogen) atoms. The Hall–Kier alpha value is -1.91. The van der Waals surface area contributed by atoms with Crippen LogP contribution in [0.3, 0.4) is 0 Å². The number of halogens is 1. The van der Waals surface area contributed by atoms with Gasteiger partial charge in [0.2, 0.25) is 5.91 Å². The highest BCUT2D eigenvalue weighted by Gasteiger charge is 2.27. The van der Waals surface area contributed by atoms with Crippen molar-refractivity contribution in [1.29, 1.82) is 0 Å². The maximum atomic E-state index is 12.8. The molecule has 5 heteroatoms. The van der Waals surface area contributed by atoms with Gasteiger partial charge in [0.25, 0.3) is 0 Å². The van der Waals surface area contributed by atoms with E-state index in [1.165, 1.54) is 12.1 Å². The molecule has 2 rings (SSSR count).